The Morgan fingerprint density at radius 2 is 2.11 bits per heavy atom. The van der Waals surface area contributed by atoms with Crippen LogP contribution in [0.1, 0.15) is 25.3 Å². The Kier molecular flexibility index (Phi) is 9.69. The number of ether oxygens (including phenoxy) is 2. The monoisotopic (exact) mass is 412 g/mol. The summed E-state index contributed by atoms with van der Waals surface area (Å²) < 4.78 is 33.6. The molecule has 1 unspecified atom stereocenters. The lowest BCUT2D eigenvalue weighted by Crippen LogP contribution is -2.38. The van der Waals surface area contributed by atoms with E-state index < -0.39 is 10.0 Å². The number of hydrogen-bond donors (Lipinski definition) is 3. The zero-order valence-corrected chi connectivity index (χ0v) is 17.3. The molecule has 28 heavy (non-hydrogen) atoms. The van der Waals surface area contributed by atoms with Gasteiger partial charge in [0.1, 0.15) is 0 Å². The fourth-order valence-electron chi connectivity index (χ4n) is 2.84. The van der Waals surface area contributed by atoms with E-state index in [2.05, 4.69) is 15.6 Å². The normalized spacial score (nSPS) is 17.6. The Labute approximate surface area is 167 Å². The molecule has 1 fully saturated rings. The SMILES string of the molecule is CCNC(=NCCCOCC1CCOC1)NCCc1ccc(S(N)(=O)=O)cc1. The van der Waals surface area contributed by atoms with Crippen LogP contribution < -0.4 is 15.8 Å². The highest BCUT2D eigenvalue weighted by molar-refractivity contribution is 7.89. The van der Waals surface area contributed by atoms with Crippen molar-refractivity contribution in [1.29, 1.82) is 0 Å². The van der Waals surface area contributed by atoms with E-state index in [0.29, 0.717) is 25.6 Å². The average Bonchev–Trinajstić information content (AvgIpc) is 3.17. The van der Waals surface area contributed by atoms with Crippen LogP contribution in [0.4, 0.5) is 0 Å². The number of guanidine groups is 1. The van der Waals surface area contributed by atoms with Crippen LogP contribution in [-0.4, -0.2) is 60.4 Å². The van der Waals surface area contributed by atoms with Crippen molar-refractivity contribution < 1.29 is 17.9 Å². The first-order valence-electron chi connectivity index (χ1n) is 9.78. The number of hydrogen-bond acceptors (Lipinski definition) is 5. The molecule has 0 aliphatic carbocycles. The molecule has 1 saturated heterocycles. The first-order valence-corrected chi connectivity index (χ1v) is 11.3. The highest BCUT2D eigenvalue weighted by atomic mass is 32.2. The number of benzene rings is 1. The molecular formula is C19H32N4O4S. The Morgan fingerprint density at radius 3 is 2.75 bits per heavy atom. The Morgan fingerprint density at radius 1 is 1.32 bits per heavy atom. The van der Waals surface area contributed by atoms with Gasteiger partial charge in [0.15, 0.2) is 5.96 Å². The standard InChI is InChI=1S/C19H32N4O4S/c1-2-21-19(22-10-3-12-26-14-17-9-13-27-15-17)23-11-8-16-4-6-18(7-5-16)28(20,24)25/h4-7,17H,2-3,8-15H2,1H3,(H2,20,24,25)(H2,21,22,23). The molecular weight excluding hydrogens is 380 g/mol. The molecule has 2 rings (SSSR count). The van der Waals surface area contributed by atoms with E-state index in [1.807, 2.05) is 6.92 Å². The lowest BCUT2D eigenvalue weighted by Gasteiger charge is -2.12. The van der Waals surface area contributed by atoms with Crippen molar-refractivity contribution >= 4 is 16.0 Å². The maximum absolute atomic E-state index is 11.3. The molecule has 0 amide bonds. The summed E-state index contributed by atoms with van der Waals surface area (Å²) in [6.45, 7) is 7.34. The first kappa shape index (κ1) is 22.6. The number of nitrogens with one attached hydrogen (secondary N) is 2. The largest absolute Gasteiger partial charge is 0.381 e. The van der Waals surface area contributed by atoms with Gasteiger partial charge < -0.3 is 20.1 Å². The van der Waals surface area contributed by atoms with Gasteiger partial charge >= 0.3 is 0 Å². The molecule has 158 valence electrons. The van der Waals surface area contributed by atoms with Crippen LogP contribution in [0.3, 0.4) is 0 Å². The van der Waals surface area contributed by atoms with Gasteiger partial charge in [-0.15, -0.1) is 0 Å². The van der Waals surface area contributed by atoms with Crippen molar-refractivity contribution in [2.45, 2.75) is 31.1 Å². The summed E-state index contributed by atoms with van der Waals surface area (Å²) in [7, 11) is -3.64. The van der Waals surface area contributed by atoms with Gasteiger partial charge in [-0.25, -0.2) is 13.6 Å². The van der Waals surface area contributed by atoms with Gasteiger partial charge in [-0.3, -0.25) is 4.99 Å². The number of primary sulfonamides is 1. The summed E-state index contributed by atoms with van der Waals surface area (Å²) in [6.07, 6.45) is 2.72. The fraction of sp³-hybridized carbons (Fsp3) is 0.632. The molecule has 9 heteroatoms. The molecule has 1 atom stereocenters. The second-order valence-electron chi connectivity index (χ2n) is 6.78. The van der Waals surface area contributed by atoms with Crippen LogP contribution in [0, 0.1) is 5.92 Å². The Hall–Kier alpha value is -1.68. The summed E-state index contributed by atoms with van der Waals surface area (Å²) in [6, 6.07) is 6.61. The van der Waals surface area contributed by atoms with Crippen molar-refractivity contribution in [1.82, 2.24) is 10.6 Å². The van der Waals surface area contributed by atoms with Crippen molar-refractivity contribution in [2.24, 2.45) is 16.0 Å². The minimum atomic E-state index is -3.64. The maximum atomic E-state index is 11.3. The van der Waals surface area contributed by atoms with Crippen LogP contribution in [0.15, 0.2) is 34.2 Å². The van der Waals surface area contributed by atoms with E-state index in [1.165, 1.54) is 12.1 Å². The molecule has 1 aromatic rings. The average molecular weight is 413 g/mol. The van der Waals surface area contributed by atoms with E-state index in [0.717, 1.165) is 57.2 Å². The summed E-state index contributed by atoms with van der Waals surface area (Å²) >= 11 is 0. The second kappa shape index (κ2) is 12.0. The summed E-state index contributed by atoms with van der Waals surface area (Å²) in [4.78, 5) is 4.68. The van der Waals surface area contributed by atoms with E-state index in [4.69, 9.17) is 14.6 Å². The van der Waals surface area contributed by atoms with E-state index in [1.54, 1.807) is 12.1 Å². The van der Waals surface area contributed by atoms with Gasteiger partial charge in [-0.2, -0.15) is 0 Å². The fourth-order valence-corrected chi connectivity index (χ4v) is 3.35. The minimum Gasteiger partial charge on any atom is -0.381 e. The smallest absolute Gasteiger partial charge is 0.238 e. The van der Waals surface area contributed by atoms with Crippen LogP contribution in [-0.2, 0) is 25.9 Å². The van der Waals surface area contributed by atoms with Crippen LogP contribution >= 0.6 is 0 Å². The number of nitrogens with zero attached hydrogens (tertiary/aromatic N) is 1. The molecule has 0 radical (unpaired) electrons. The summed E-state index contributed by atoms with van der Waals surface area (Å²) in [5.41, 5.74) is 1.03. The zero-order chi connectivity index (χ0) is 20.2. The zero-order valence-electron chi connectivity index (χ0n) is 16.5. The third kappa shape index (κ3) is 8.55. The van der Waals surface area contributed by atoms with Crippen LogP contribution in [0.25, 0.3) is 0 Å². The van der Waals surface area contributed by atoms with Gasteiger partial charge in [-0.05, 0) is 43.9 Å². The molecule has 1 aromatic carbocycles. The highest BCUT2D eigenvalue weighted by Gasteiger charge is 2.15. The number of aliphatic imine (C=N–C) groups is 1. The number of rotatable bonds is 11. The molecule has 0 aromatic heterocycles. The second-order valence-corrected chi connectivity index (χ2v) is 8.35. The van der Waals surface area contributed by atoms with Crippen LogP contribution in [0.5, 0.6) is 0 Å². The Balaban J connectivity index is 1.66. The third-order valence-corrected chi connectivity index (χ3v) is 5.33. The van der Waals surface area contributed by atoms with E-state index in [9.17, 15) is 8.42 Å². The molecule has 1 aliphatic rings. The topological polar surface area (TPSA) is 115 Å². The van der Waals surface area contributed by atoms with Gasteiger partial charge in [0.2, 0.25) is 10.0 Å². The quantitative estimate of drug-likeness (QED) is 0.282. The minimum absolute atomic E-state index is 0.127. The highest BCUT2D eigenvalue weighted by Crippen LogP contribution is 2.12. The lowest BCUT2D eigenvalue weighted by atomic mass is 10.1. The van der Waals surface area contributed by atoms with Crippen molar-refractivity contribution in [2.75, 3.05) is 46.1 Å². The van der Waals surface area contributed by atoms with Crippen molar-refractivity contribution in [3.05, 3.63) is 29.8 Å². The van der Waals surface area contributed by atoms with Gasteiger partial charge in [-0.1, -0.05) is 12.1 Å². The summed E-state index contributed by atoms with van der Waals surface area (Å²) in [5.74, 6) is 1.31. The molecule has 8 nitrogen and oxygen atoms in total. The van der Waals surface area contributed by atoms with E-state index >= 15 is 0 Å². The molecule has 0 saturated carbocycles. The predicted molar refractivity (Wildman–Crippen MR) is 110 cm³/mol. The van der Waals surface area contributed by atoms with Gasteiger partial charge in [0, 0.05) is 38.8 Å². The molecule has 4 N–H and O–H groups in total. The predicted octanol–water partition coefficient (Wildman–Crippen LogP) is 0.875. The first-order chi connectivity index (χ1) is 13.5. The molecule has 1 heterocycles. The third-order valence-electron chi connectivity index (χ3n) is 4.40. The van der Waals surface area contributed by atoms with Crippen molar-refractivity contribution in [3.8, 4) is 0 Å². The number of nitrogens with two attached hydrogens (primary N) is 1. The van der Waals surface area contributed by atoms with Gasteiger partial charge in [0.05, 0.1) is 18.1 Å². The van der Waals surface area contributed by atoms with Crippen LogP contribution in [0.2, 0.25) is 0 Å². The Bertz CT molecular complexity index is 701. The maximum Gasteiger partial charge on any atom is 0.238 e. The summed E-state index contributed by atoms with van der Waals surface area (Å²) in [5, 5.41) is 11.6. The lowest BCUT2D eigenvalue weighted by molar-refractivity contribution is 0.0893. The number of sulfonamides is 1. The molecule has 1 aliphatic heterocycles. The van der Waals surface area contributed by atoms with E-state index in [-0.39, 0.29) is 4.90 Å². The van der Waals surface area contributed by atoms with Crippen molar-refractivity contribution in [3.63, 3.8) is 0 Å². The van der Waals surface area contributed by atoms with Gasteiger partial charge in [0.25, 0.3) is 0 Å². The molecule has 0 bridgehead atoms. The molecule has 0 spiro atoms.